The molecule has 2 heterocycles. The predicted molar refractivity (Wildman–Crippen MR) is 118 cm³/mol. The van der Waals surface area contributed by atoms with Gasteiger partial charge in [-0.3, -0.25) is 0 Å². The molecule has 2 aromatic rings. The molecule has 1 aromatic heterocycles. The molecule has 1 aliphatic rings. The second-order valence-electron chi connectivity index (χ2n) is 8.10. The highest BCUT2D eigenvalue weighted by Gasteiger charge is 2.31. The zero-order chi connectivity index (χ0) is 24.2. The highest BCUT2D eigenvalue weighted by atomic mass is 19.4. The summed E-state index contributed by atoms with van der Waals surface area (Å²) in [7, 11) is 3.40. The van der Waals surface area contributed by atoms with Crippen LogP contribution in [-0.2, 0) is 25.4 Å². The largest absolute Gasteiger partial charge is 0.416 e. The summed E-state index contributed by atoms with van der Waals surface area (Å²) in [4.78, 5) is 26.7. The Bertz CT molecular complexity index is 1040. The van der Waals surface area contributed by atoms with Gasteiger partial charge in [-0.25, -0.2) is 14.8 Å². The van der Waals surface area contributed by atoms with Crippen LogP contribution in [-0.4, -0.2) is 66.1 Å². The second-order valence-corrected chi connectivity index (χ2v) is 8.10. The molecule has 0 atom stereocenters. The van der Waals surface area contributed by atoms with Gasteiger partial charge in [-0.1, -0.05) is 25.1 Å². The quantitative estimate of drug-likeness (QED) is 0.683. The fraction of sp³-hybridized carbons (Fsp3) is 0.478. The van der Waals surface area contributed by atoms with E-state index in [1.54, 1.807) is 25.1 Å². The first-order valence-electron chi connectivity index (χ1n) is 10.8. The van der Waals surface area contributed by atoms with Crippen molar-refractivity contribution in [2.24, 2.45) is 0 Å². The minimum Gasteiger partial charge on any atom is -0.353 e. The lowest BCUT2D eigenvalue weighted by molar-refractivity contribution is -0.137. The molecule has 10 heteroatoms. The summed E-state index contributed by atoms with van der Waals surface area (Å²) in [6.07, 6.45) is -3.58. The monoisotopic (exact) mass is 460 g/mol. The maximum atomic E-state index is 13.2. The topological polar surface area (TPSA) is 76.4 Å². The highest BCUT2D eigenvalue weighted by Crippen LogP contribution is 2.31. The molecule has 1 aliphatic heterocycles. The molecule has 3 rings (SSSR count). The summed E-state index contributed by atoms with van der Waals surface area (Å²) in [5, 5.41) is 9.14. The Hall–Kier alpha value is -3.35. The number of benzene rings is 1. The highest BCUT2D eigenvalue weighted by molar-refractivity contribution is 5.74. The number of urea groups is 1. The lowest BCUT2D eigenvalue weighted by Gasteiger charge is -2.37. The van der Waals surface area contributed by atoms with Crippen molar-refractivity contribution in [1.82, 2.24) is 19.8 Å². The van der Waals surface area contributed by atoms with E-state index in [0.29, 0.717) is 49.8 Å². The van der Waals surface area contributed by atoms with Crippen molar-refractivity contribution in [1.29, 1.82) is 5.26 Å². The van der Waals surface area contributed by atoms with Crippen molar-refractivity contribution in [2.45, 2.75) is 32.4 Å². The van der Waals surface area contributed by atoms with Crippen LogP contribution < -0.4 is 4.90 Å². The van der Waals surface area contributed by atoms with Crippen LogP contribution in [0.2, 0.25) is 0 Å². The van der Waals surface area contributed by atoms with E-state index < -0.39 is 11.7 Å². The van der Waals surface area contributed by atoms with E-state index in [1.807, 2.05) is 11.8 Å². The average Bonchev–Trinajstić information content (AvgIpc) is 2.79. The molecular weight excluding hydrogens is 433 g/mol. The fourth-order valence-electron chi connectivity index (χ4n) is 3.91. The lowest BCUT2D eigenvalue weighted by atomic mass is 9.99. The van der Waals surface area contributed by atoms with E-state index in [1.165, 1.54) is 11.0 Å². The molecule has 7 nitrogen and oxygen atoms in total. The second kappa shape index (κ2) is 10.1. The SMILES string of the molecule is CCc1nc(CC#N)nc(N2CCN(C(=O)N(C)C)CC2)c1Cc1cccc(C(F)(F)F)c1. The summed E-state index contributed by atoms with van der Waals surface area (Å²) in [5.74, 6) is 1.02. The summed E-state index contributed by atoms with van der Waals surface area (Å²) in [6, 6.07) is 7.27. The van der Waals surface area contributed by atoms with Gasteiger partial charge in [0, 0.05) is 58.0 Å². The Labute approximate surface area is 191 Å². The van der Waals surface area contributed by atoms with Crippen molar-refractivity contribution in [3.63, 3.8) is 0 Å². The van der Waals surface area contributed by atoms with Gasteiger partial charge < -0.3 is 14.7 Å². The first kappa shape index (κ1) is 24.3. The Balaban J connectivity index is 1.97. The summed E-state index contributed by atoms with van der Waals surface area (Å²) in [6.45, 7) is 3.98. The Morgan fingerprint density at radius 3 is 2.45 bits per heavy atom. The van der Waals surface area contributed by atoms with Crippen molar-refractivity contribution >= 4 is 11.8 Å². The molecule has 0 radical (unpaired) electrons. The molecule has 0 saturated carbocycles. The first-order valence-corrected chi connectivity index (χ1v) is 10.8. The number of nitriles is 1. The smallest absolute Gasteiger partial charge is 0.353 e. The maximum Gasteiger partial charge on any atom is 0.416 e. The third-order valence-electron chi connectivity index (χ3n) is 5.56. The minimum absolute atomic E-state index is 0.0446. The number of amides is 2. The third kappa shape index (κ3) is 5.72. The molecule has 33 heavy (non-hydrogen) atoms. The first-order chi connectivity index (χ1) is 15.6. The van der Waals surface area contributed by atoms with Gasteiger partial charge >= 0.3 is 12.2 Å². The molecule has 1 aromatic carbocycles. The summed E-state index contributed by atoms with van der Waals surface area (Å²) in [5.41, 5.74) is 1.29. The van der Waals surface area contributed by atoms with E-state index in [4.69, 9.17) is 5.26 Å². The van der Waals surface area contributed by atoms with Crippen molar-refractivity contribution < 1.29 is 18.0 Å². The molecule has 2 amide bonds. The number of halogens is 3. The molecule has 0 aliphatic carbocycles. The van der Waals surface area contributed by atoms with Gasteiger partial charge in [0.15, 0.2) is 0 Å². The van der Waals surface area contributed by atoms with E-state index in [-0.39, 0.29) is 18.9 Å². The number of piperazine rings is 1. The van der Waals surface area contributed by atoms with Crippen LogP contribution in [0, 0.1) is 11.3 Å². The summed E-state index contributed by atoms with van der Waals surface area (Å²) < 4.78 is 39.7. The van der Waals surface area contributed by atoms with Crippen LogP contribution in [0.5, 0.6) is 0 Å². The van der Waals surface area contributed by atoms with E-state index >= 15 is 0 Å². The van der Waals surface area contributed by atoms with Crippen molar-refractivity contribution in [3.05, 3.63) is 52.5 Å². The number of nitrogens with zero attached hydrogens (tertiary/aromatic N) is 6. The standard InChI is InChI=1S/C23H27F3N6O/c1-4-19-18(15-16-6-5-7-17(14-16)23(24,25)26)21(29-20(28-19)8-9-27)31-10-12-32(13-11-31)22(33)30(2)3/h5-7,14H,4,8,10-13,15H2,1-3H3. The number of alkyl halides is 3. The predicted octanol–water partition coefficient (Wildman–Crippen LogP) is 3.52. The van der Waals surface area contributed by atoms with E-state index in [2.05, 4.69) is 16.0 Å². The Morgan fingerprint density at radius 1 is 1.18 bits per heavy atom. The lowest BCUT2D eigenvalue weighted by Crippen LogP contribution is -2.52. The number of rotatable bonds is 5. The van der Waals surface area contributed by atoms with Gasteiger partial charge in [0.25, 0.3) is 0 Å². The molecular formula is C23H27F3N6O. The van der Waals surface area contributed by atoms with Gasteiger partial charge in [-0.2, -0.15) is 18.4 Å². The zero-order valence-electron chi connectivity index (χ0n) is 19.0. The van der Waals surface area contributed by atoms with Gasteiger partial charge in [0.05, 0.1) is 18.1 Å². The number of carbonyl (C=O) groups is 1. The Morgan fingerprint density at radius 2 is 1.88 bits per heavy atom. The van der Waals surface area contributed by atoms with Crippen LogP contribution in [0.3, 0.4) is 0 Å². The number of aromatic nitrogens is 2. The molecule has 0 bridgehead atoms. The number of hydrogen-bond donors (Lipinski definition) is 0. The molecule has 0 spiro atoms. The van der Waals surface area contributed by atoms with Gasteiger partial charge in [-0.05, 0) is 18.1 Å². The van der Waals surface area contributed by atoms with Crippen LogP contribution in [0.4, 0.5) is 23.8 Å². The van der Waals surface area contributed by atoms with Gasteiger partial charge in [0.1, 0.15) is 11.6 Å². The normalized spacial score (nSPS) is 14.2. The minimum atomic E-state index is -4.42. The van der Waals surface area contributed by atoms with Gasteiger partial charge in [-0.15, -0.1) is 0 Å². The van der Waals surface area contributed by atoms with Crippen molar-refractivity contribution in [2.75, 3.05) is 45.2 Å². The molecule has 1 saturated heterocycles. The average molecular weight is 461 g/mol. The molecule has 176 valence electrons. The Kier molecular flexibility index (Phi) is 7.41. The zero-order valence-corrected chi connectivity index (χ0v) is 19.0. The van der Waals surface area contributed by atoms with Crippen LogP contribution in [0.25, 0.3) is 0 Å². The number of anilines is 1. The van der Waals surface area contributed by atoms with Crippen molar-refractivity contribution in [3.8, 4) is 6.07 Å². The van der Waals surface area contributed by atoms with E-state index in [0.717, 1.165) is 23.4 Å². The third-order valence-corrected chi connectivity index (χ3v) is 5.56. The van der Waals surface area contributed by atoms with Gasteiger partial charge in [0.2, 0.25) is 0 Å². The van der Waals surface area contributed by atoms with Crippen LogP contribution in [0.15, 0.2) is 24.3 Å². The number of aryl methyl sites for hydroxylation is 1. The van der Waals surface area contributed by atoms with E-state index in [9.17, 15) is 18.0 Å². The van der Waals surface area contributed by atoms with Crippen LogP contribution >= 0.6 is 0 Å². The maximum absolute atomic E-state index is 13.2. The number of carbonyl (C=O) groups excluding carboxylic acids is 1. The fourth-order valence-corrected chi connectivity index (χ4v) is 3.91. The molecule has 0 unspecified atom stereocenters. The summed E-state index contributed by atoms with van der Waals surface area (Å²) >= 11 is 0. The molecule has 0 N–H and O–H groups in total. The van der Waals surface area contributed by atoms with Crippen LogP contribution in [0.1, 0.15) is 35.1 Å². The number of hydrogen-bond acceptors (Lipinski definition) is 5. The molecule has 1 fully saturated rings.